The van der Waals surface area contributed by atoms with Crippen molar-refractivity contribution in [2.24, 2.45) is 0 Å². The first kappa shape index (κ1) is 13.3. The van der Waals surface area contributed by atoms with Gasteiger partial charge in [-0.15, -0.1) is 0 Å². The van der Waals surface area contributed by atoms with Crippen LogP contribution in [0.25, 0.3) is 0 Å². The highest BCUT2D eigenvalue weighted by Gasteiger charge is 2.22. The summed E-state index contributed by atoms with van der Waals surface area (Å²) in [7, 11) is 0. The Labute approximate surface area is 111 Å². The van der Waals surface area contributed by atoms with Gasteiger partial charge in [0, 0.05) is 25.2 Å². The maximum absolute atomic E-state index is 11.4. The van der Waals surface area contributed by atoms with E-state index in [1.807, 2.05) is 0 Å². The fraction of sp³-hybridized carbons (Fsp3) is 0.462. The number of anilines is 1. The van der Waals surface area contributed by atoms with Crippen LogP contribution in [0, 0.1) is 0 Å². The van der Waals surface area contributed by atoms with Crippen LogP contribution in [-0.2, 0) is 4.79 Å². The van der Waals surface area contributed by atoms with E-state index < -0.39 is 5.97 Å². The summed E-state index contributed by atoms with van der Waals surface area (Å²) >= 11 is 0. The zero-order chi connectivity index (χ0) is 13.7. The lowest BCUT2D eigenvalue weighted by Crippen LogP contribution is -2.25. The summed E-state index contributed by atoms with van der Waals surface area (Å²) < 4.78 is 0. The van der Waals surface area contributed by atoms with Gasteiger partial charge < -0.3 is 15.7 Å². The standard InChI is InChI=1S/C13H17N3O3/c17-12(16-10-4-5-10)2-1-7-14-11-6-3-9(8-15-11)13(18)19/h3,6,8,10H,1-2,4-5,7H2,(H,14,15)(H,16,17)(H,18,19). The number of hydrogen-bond donors (Lipinski definition) is 3. The largest absolute Gasteiger partial charge is 0.478 e. The minimum atomic E-state index is -0.990. The molecule has 0 radical (unpaired) electrons. The number of rotatable bonds is 7. The van der Waals surface area contributed by atoms with Gasteiger partial charge in [-0.1, -0.05) is 0 Å². The van der Waals surface area contributed by atoms with Crippen molar-refractivity contribution in [1.29, 1.82) is 0 Å². The first-order valence-corrected chi connectivity index (χ1v) is 6.38. The van der Waals surface area contributed by atoms with Gasteiger partial charge >= 0.3 is 5.97 Å². The molecule has 6 heteroatoms. The summed E-state index contributed by atoms with van der Waals surface area (Å²) in [6, 6.07) is 3.52. The van der Waals surface area contributed by atoms with Crippen molar-refractivity contribution in [2.45, 2.75) is 31.7 Å². The highest BCUT2D eigenvalue weighted by Crippen LogP contribution is 2.18. The maximum atomic E-state index is 11.4. The Bertz CT molecular complexity index is 455. The minimum absolute atomic E-state index is 0.0958. The summed E-state index contributed by atoms with van der Waals surface area (Å²) in [6.07, 6.45) is 4.73. The van der Waals surface area contributed by atoms with Crippen molar-refractivity contribution >= 4 is 17.7 Å². The highest BCUT2D eigenvalue weighted by molar-refractivity contribution is 5.87. The molecule has 2 rings (SSSR count). The second-order valence-corrected chi connectivity index (χ2v) is 4.61. The van der Waals surface area contributed by atoms with Crippen LogP contribution in [0.2, 0.25) is 0 Å². The average Bonchev–Trinajstić information content (AvgIpc) is 3.19. The highest BCUT2D eigenvalue weighted by atomic mass is 16.4. The molecule has 0 saturated heterocycles. The topological polar surface area (TPSA) is 91.3 Å². The number of carboxylic acid groups (broad SMARTS) is 1. The van der Waals surface area contributed by atoms with Crippen LogP contribution in [0.4, 0.5) is 5.82 Å². The second kappa shape index (κ2) is 6.17. The molecule has 0 unspecified atom stereocenters. The first-order valence-electron chi connectivity index (χ1n) is 6.38. The summed E-state index contributed by atoms with van der Waals surface area (Å²) in [5, 5.41) is 14.7. The number of aromatic nitrogens is 1. The Balaban J connectivity index is 1.64. The SMILES string of the molecule is O=C(CCCNc1ccc(C(=O)O)cn1)NC1CC1. The molecule has 1 aliphatic rings. The molecule has 0 spiro atoms. The number of hydrogen-bond acceptors (Lipinski definition) is 4. The minimum Gasteiger partial charge on any atom is -0.478 e. The van der Waals surface area contributed by atoms with E-state index in [1.54, 1.807) is 6.07 Å². The summed E-state index contributed by atoms with van der Waals surface area (Å²) in [6.45, 7) is 0.636. The van der Waals surface area contributed by atoms with Crippen molar-refractivity contribution < 1.29 is 14.7 Å². The quantitative estimate of drug-likeness (QED) is 0.644. The van der Waals surface area contributed by atoms with Crippen LogP contribution in [0.3, 0.4) is 0 Å². The fourth-order valence-corrected chi connectivity index (χ4v) is 1.62. The summed E-state index contributed by atoms with van der Waals surface area (Å²) in [5.41, 5.74) is 0.161. The molecule has 1 aromatic heterocycles. The molecule has 19 heavy (non-hydrogen) atoms. The Kier molecular flexibility index (Phi) is 4.33. The lowest BCUT2D eigenvalue weighted by molar-refractivity contribution is -0.121. The number of amides is 1. The number of carboxylic acids is 1. The van der Waals surface area contributed by atoms with E-state index in [0.29, 0.717) is 24.8 Å². The van der Waals surface area contributed by atoms with Crippen molar-refractivity contribution in [3.05, 3.63) is 23.9 Å². The summed E-state index contributed by atoms with van der Waals surface area (Å²) in [4.78, 5) is 26.0. The zero-order valence-electron chi connectivity index (χ0n) is 10.6. The van der Waals surface area contributed by atoms with Crippen LogP contribution in [0.5, 0.6) is 0 Å². The number of nitrogens with one attached hydrogen (secondary N) is 2. The van der Waals surface area contributed by atoms with Gasteiger partial charge in [-0.3, -0.25) is 4.79 Å². The zero-order valence-corrected chi connectivity index (χ0v) is 10.6. The molecule has 1 aromatic rings. The van der Waals surface area contributed by atoms with E-state index in [9.17, 15) is 9.59 Å². The molecule has 0 aromatic carbocycles. The van der Waals surface area contributed by atoms with Crippen molar-refractivity contribution in [2.75, 3.05) is 11.9 Å². The van der Waals surface area contributed by atoms with Gasteiger partial charge in [-0.05, 0) is 31.4 Å². The van der Waals surface area contributed by atoms with Crippen molar-refractivity contribution in [3.63, 3.8) is 0 Å². The molecule has 0 bridgehead atoms. The van der Waals surface area contributed by atoms with Crippen LogP contribution in [-0.4, -0.2) is 34.6 Å². The Morgan fingerprint density at radius 3 is 2.74 bits per heavy atom. The number of aromatic carboxylic acids is 1. The maximum Gasteiger partial charge on any atom is 0.337 e. The third-order valence-corrected chi connectivity index (χ3v) is 2.84. The molecule has 1 saturated carbocycles. The summed E-state index contributed by atoms with van der Waals surface area (Å²) in [5.74, 6) is -0.276. The molecule has 1 aliphatic carbocycles. The molecule has 1 fully saturated rings. The number of nitrogens with zero attached hydrogens (tertiary/aromatic N) is 1. The van der Waals surface area contributed by atoms with Gasteiger partial charge in [-0.25, -0.2) is 9.78 Å². The van der Waals surface area contributed by atoms with E-state index in [1.165, 1.54) is 12.3 Å². The predicted molar refractivity (Wildman–Crippen MR) is 70.1 cm³/mol. The van der Waals surface area contributed by atoms with Crippen LogP contribution < -0.4 is 10.6 Å². The van der Waals surface area contributed by atoms with Crippen LogP contribution in [0.1, 0.15) is 36.0 Å². The number of carbonyl (C=O) groups excluding carboxylic acids is 1. The van der Waals surface area contributed by atoms with E-state index in [0.717, 1.165) is 19.3 Å². The lowest BCUT2D eigenvalue weighted by atomic mass is 10.2. The fourth-order valence-electron chi connectivity index (χ4n) is 1.62. The normalized spacial score (nSPS) is 13.9. The lowest BCUT2D eigenvalue weighted by Gasteiger charge is -2.06. The van der Waals surface area contributed by atoms with Crippen molar-refractivity contribution in [3.8, 4) is 0 Å². The number of pyridine rings is 1. The third-order valence-electron chi connectivity index (χ3n) is 2.84. The van der Waals surface area contributed by atoms with E-state index in [4.69, 9.17) is 5.11 Å². The molecular formula is C13H17N3O3. The van der Waals surface area contributed by atoms with Crippen LogP contribution in [0.15, 0.2) is 18.3 Å². The Morgan fingerprint density at radius 2 is 2.16 bits per heavy atom. The number of carbonyl (C=O) groups is 2. The van der Waals surface area contributed by atoms with E-state index in [2.05, 4.69) is 15.6 Å². The van der Waals surface area contributed by atoms with Gasteiger partial charge in [0.25, 0.3) is 0 Å². The molecule has 1 amide bonds. The Morgan fingerprint density at radius 1 is 1.37 bits per heavy atom. The van der Waals surface area contributed by atoms with Gasteiger partial charge in [0.2, 0.25) is 5.91 Å². The molecule has 1 heterocycles. The second-order valence-electron chi connectivity index (χ2n) is 4.61. The monoisotopic (exact) mass is 263 g/mol. The van der Waals surface area contributed by atoms with Gasteiger partial charge in [0.05, 0.1) is 5.56 Å². The molecule has 3 N–H and O–H groups in total. The molecule has 102 valence electrons. The predicted octanol–water partition coefficient (Wildman–Crippen LogP) is 1.25. The first-order chi connectivity index (χ1) is 9.15. The van der Waals surface area contributed by atoms with Gasteiger partial charge in [-0.2, -0.15) is 0 Å². The van der Waals surface area contributed by atoms with E-state index >= 15 is 0 Å². The average molecular weight is 263 g/mol. The third kappa shape index (κ3) is 4.57. The van der Waals surface area contributed by atoms with E-state index in [-0.39, 0.29) is 11.5 Å². The Hall–Kier alpha value is -2.11. The van der Waals surface area contributed by atoms with Crippen LogP contribution >= 0.6 is 0 Å². The van der Waals surface area contributed by atoms with Crippen molar-refractivity contribution in [1.82, 2.24) is 10.3 Å². The molecular weight excluding hydrogens is 246 g/mol. The molecule has 0 aliphatic heterocycles. The molecule has 6 nitrogen and oxygen atoms in total. The smallest absolute Gasteiger partial charge is 0.337 e. The van der Waals surface area contributed by atoms with Gasteiger partial charge in [0.1, 0.15) is 5.82 Å². The van der Waals surface area contributed by atoms with Gasteiger partial charge in [0.15, 0.2) is 0 Å². The molecule has 0 atom stereocenters.